The monoisotopic (exact) mass is 738 g/mol. The number of carbonyl (C=O) groups excluding carboxylic acids is 4. The zero-order valence-corrected chi connectivity index (χ0v) is 30.4. The first kappa shape index (κ1) is 34.0. The molecular formula is C44H42N4O7. The summed E-state index contributed by atoms with van der Waals surface area (Å²) in [6.07, 6.45) is 2.62. The van der Waals surface area contributed by atoms with E-state index in [0.29, 0.717) is 55.2 Å². The summed E-state index contributed by atoms with van der Waals surface area (Å²) >= 11 is 0. The predicted molar refractivity (Wildman–Crippen MR) is 207 cm³/mol. The third-order valence-corrected chi connectivity index (χ3v) is 12.9. The van der Waals surface area contributed by atoms with Crippen LogP contribution in [0.2, 0.25) is 0 Å². The van der Waals surface area contributed by atoms with Crippen LogP contribution in [0.3, 0.4) is 0 Å². The first-order valence-electron chi connectivity index (χ1n) is 19.4. The number of amides is 4. The molecule has 4 aromatic rings. The van der Waals surface area contributed by atoms with Crippen LogP contribution in [0.15, 0.2) is 96.6 Å². The third-order valence-electron chi connectivity index (χ3n) is 12.9. The summed E-state index contributed by atoms with van der Waals surface area (Å²) in [5.74, 6) is -5.02. The van der Waals surface area contributed by atoms with Crippen molar-refractivity contribution in [3.05, 3.63) is 102 Å². The Morgan fingerprint density at radius 2 is 1.07 bits per heavy atom. The molecule has 4 heterocycles. The Morgan fingerprint density at radius 3 is 1.67 bits per heavy atom. The van der Waals surface area contributed by atoms with Crippen molar-refractivity contribution in [2.45, 2.75) is 18.8 Å². The molecule has 6 aliphatic rings. The maximum Gasteiger partial charge on any atom is 0.238 e. The molecule has 4 aliphatic heterocycles. The lowest BCUT2D eigenvalue weighted by Gasteiger charge is -2.44. The Morgan fingerprint density at radius 1 is 0.545 bits per heavy atom. The lowest BCUT2D eigenvalue weighted by atomic mass is 9.57. The molecule has 0 aromatic heterocycles. The molecular weight excluding hydrogens is 697 g/mol. The Kier molecular flexibility index (Phi) is 8.25. The first-order chi connectivity index (χ1) is 26.9. The molecule has 1 saturated carbocycles. The number of rotatable bonds is 5. The van der Waals surface area contributed by atoms with E-state index < -0.39 is 35.5 Å². The number of nitrogens with zero attached hydrogens (tertiary/aromatic N) is 4. The van der Waals surface area contributed by atoms with Gasteiger partial charge in [-0.15, -0.1) is 0 Å². The largest absolute Gasteiger partial charge is 0.507 e. The number of fused-ring (bicyclic) bond motifs is 5. The van der Waals surface area contributed by atoms with Crippen molar-refractivity contribution in [3.63, 3.8) is 0 Å². The molecule has 2 aliphatic carbocycles. The highest BCUT2D eigenvalue weighted by Crippen LogP contribution is 2.59. The van der Waals surface area contributed by atoms with Crippen LogP contribution in [0.5, 0.6) is 5.75 Å². The minimum atomic E-state index is -0.784. The molecule has 0 unspecified atom stereocenters. The number of imide groups is 2. The van der Waals surface area contributed by atoms with E-state index in [0.717, 1.165) is 48.5 Å². The quantitative estimate of drug-likeness (QED) is 0.216. The predicted octanol–water partition coefficient (Wildman–Crippen LogP) is 5.26. The number of ether oxygens (including phenoxy) is 2. The molecule has 0 radical (unpaired) electrons. The summed E-state index contributed by atoms with van der Waals surface area (Å²) in [5, 5.41) is 13.4. The van der Waals surface area contributed by atoms with Gasteiger partial charge in [0.25, 0.3) is 0 Å². The van der Waals surface area contributed by atoms with Gasteiger partial charge in [-0.25, -0.2) is 0 Å². The van der Waals surface area contributed by atoms with E-state index in [1.165, 1.54) is 9.80 Å². The molecule has 11 nitrogen and oxygen atoms in total. The average molecular weight is 739 g/mol. The highest BCUT2D eigenvalue weighted by Gasteiger charge is 2.62. The molecule has 4 aromatic carbocycles. The van der Waals surface area contributed by atoms with E-state index >= 15 is 0 Å². The van der Waals surface area contributed by atoms with Crippen LogP contribution in [0.4, 0.5) is 22.7 Å². The van der Waals surface area contributed by atoms with Crippen molar-refractivity contribution in [3.8, 4) is 5.75 Å². The van der Waals surface area contributed by atoms with Gasteiger partial charge in [0.2, 0.25) is 23.6 Å². The van der Waals surface area contributed by atoms with Crippen LogP contribution in [0, 0.1) is 29.6 Å². The Balaban J connectivity index is 1.02. The molecule has 4 saturated heterocycles. The van der Waals surface area contributed by atoms with Gasteiger partial charge < -0.3 is 24.4 Å². The van der Waals surface area contributed by atoms with Gasteiger partial charge in [-0.05, 0) is 72.7 Å². The van der Waals surface area contributed by atoms with E-state index in [1.54, 1.807) is 0 Å². The number of hydrogen-bond donors (Lipinski definition) is 1. The number of aromatic hydroxyl groups is 1. The maximum absolute atomic E-state index is 14.7. The van der Waals surface area contributed by atoms with Gasteiger partial charge in [0, 0.05) is 54.4 Å². The minimum Gasteiger partial charge on any atom is -0.507 e. The first-order valence-corrected chi connectivity index (χ1v) is 19.4. The number of phenols is 1. The summed E-state index contributed by atoms with van der Waals surface area (Å²) in [6, 6.07) is 26.4. The van der Waals surface area contributed by atoms with Gasteiger partial charge >= 0.3 is 0 Å². The van der Waals surface area contributed by atoms with E-state index in [-0.39, 0.29) is 35.8 Å². The molecule has 0 spiro atoms. The molecule has 5 fully saturated rings. The van der Waals surface area contributed by atoms with E-state index in [1.807, 2.05) is 91.0 Å². The highest BCUT2D eigenvalue weighted by molar-refractivity contribution is 6.24. The number of benzene rings is 4. The Labute approximate surface area is 318 Å². The summed E-state index contributed by atoms with van der Waals surface area (Å²) in [4.78, 5) is 65.1. The zero-order valence-electron chi connectivity index (χ0n) is 30.4. The summed E-state index contributed by atoms with van der Waals surface area (Å²) in [7, 11) is 0. The van der Waals surface area contributed by atoms with Crippen LogP contribution < -0.4 is 19.6 Å². The molecule has 10 rings (SSSR count). The van der Waals surface area contributed by atoms with Gasteiger partial charge in [0.15, 0.2) is 0 Å². The van der Waals surface area contributed by atoms with Crippen LogP contribution in [0.1, 0.15) is 24.3 Å². The SMILES string of the molecule is O=C1[C@H]2[C@H](CC=C3[C@H]2C[C@H]2C(=O)N(c4ccc(N5CCOCC5)cc4)C(=O)[C@H]2[C@H]3c2ccc3ccccc3c2O)C(=O)N1c1ccc(N2CCOCC2)cc1. The standard InChI is InChI=1S/C44H42N4O7/c49-40-31-4-2-1-3-26(31)5-14-33(40)37-32-15-16-34-38(43(52)47(41(34)50)29-10-6-27(7-11-29)45-17-21-54-22-18-45)35(32)25-36-39(37)44(53)48(42(36)51)30-12-8-28(9-13-30)46-19-23-55-24-20-46/h1-15,34-39,49H,16-25H2/t34-,35+,36+,37+,38-,39+/m0/s1. The zero-order chi connectivity index (χ0) is 37.4. The molecule has 280 valence electrons. The van der Waals surface area contributed by atoms with Crippen molar-refractivity contribution in [2.75, 3.05) is 72.2 Å². The van der Waals surface area contributed by atoms with Crippen LogP contribution in [-0.4, -0.2) is 81.3 Å². The van der Waals surface area contributed by atoms with Gasteiger partial charge in [-0.2, -0.15) is 0 Å². The van der Waals surface area contributed by atoms with E-state index in [2.05, 4.69) is 9.80 Å². The molecule has 6 atom stereocenters. The smallest absolute Gasteiger partial charge is 0.238 e. The van der Waals surface area contributed by atoms with Crippen molar-refractivity contribution in [2.24, 2.45) is 29.6 Å². The Hall–Kier alpha value is -5.52. The fourth-order valence-corrected chi connectivity index (χ4v) is 10.2. The number of hydrogen-bond acceptors (Lipinski definition) is 9. The van der Waals surface area contributed by atoms with Gasteiger partial charge in [-0.3, -0.25) is 29.0 Å². The lowest BCUT2D eigenvalue weighted by Crippen LogP contribution is -2.43. The highest BCUT2D eigenvalue weighted by atomic mass is 16.5. The van der Waals surface area contributed by atoms with Crippen LogP contribution in [-0.2, 0) is 28.7 Å². The summed E-state index contributed by atoms with van der Waals surface area (Å²) < 4.78 is 11.0. The number of morpholine rings is 2. The van der Waals surface area contributed by atoms with Crippen LogP contribution >= 0.6 is 0 Å². The average Bonchev–Trinajstić information content (AvgIpc) is 3.64. The topological polar surface area (TPSA) is 120 Å². The van der Waals surface area contributed by atoms with E-state index in [9.17, 15) is 24.3 Å². The number of phenolic OH excluding ortho intramolecular Hbond substituents is 1. The van der Waals surface area contributed by atoms with Crippen LogP contribution in [0.25, 0.3) is 10.8 Å². The van der Waals surface area contributed by atoms with Gasteiger partial charge in [0.1, 0.15) is 5.75 Å². The maximum atomic E-state index is 14.7. The van der Waals surface area contributed by atoms with E-state index in [4.69, 9.17) is 9.47 Å². The molecule has 55 heavy (non-hydrogen) atoms. The second-order valence-corrected chi connectivity index (χ2v) is 15.5. The van der Waals surface area contributed by atoms with Crippen molar-refractivity contribution in [1.82, 2.24) is 0 Å². The fourth-order valence-electron chi connectivity index (χ4n) is 10.2. The second-order valence-electron chi connectivity index (χ2n) is 15.5. The number of allylic oxidation sites excluding steroid dienone is 2. The van der Waals surface area contributed by atoms with Gasteiger partial charge in [0.05, 0.1) is 61.5 Å². The molecule has 1 N–H and O–H groups in total. The fraction of sp³-hybridized carbons (Fsp3) is 0.364. The normalized spacial score (nSPS) is 28.0. The second kappa shape index (κ2) is 13.3. The van der Waals surface area contributed by atoms with Crippen molar-refractivity contribution in [1.29, 1.82) is 0 Å². The van der Waals surface area contributed by atoms with Crippen molar-refractivity contribution < 1.29 is 33.8 Å². The summed E-state index contributed by atoms with van der Waals surface area (Å²) in [6.45, 7) is 5.66. The minimum absolute atomic E-state index is 0.0647. The Bertz CT molecular complexity index is 2240. The number of anilines is 4. The third kappa shape index (κ3) is 5.38. The molecule has 0 bridgehead atoms. The molecule has 4 amide bonds. The van der Waals surface area contributed by atoms with Gasteiger partial charge in [-0.1, -0.05) is 48.0 Å². The lowest BCUT2D eigenvalue weighted by molar-refractivity contribution is -0.126. The van der Waals surface area contributed by atoms with Crippen molar-refractivity contribution >= 4 is 57.2 Å². The number of carbonyl (C=O) groups is 4. The molecule has 11 heteroatoms. The summed E-state index contributed by atoms with van der Waals surface area (Å²) in [5.41, 5.74) is 4.43.